The molecule has 0 aromatic carbocycles. The van der Waals surface area contributed by atoms with Crippen LogP contribution in [0.4, 0.5) is 0 Å². The smallest absolute Gasteiger partial charge is 0.305 e. The molecule has 4 unspecified atom stereocenters. The summed E-state index contributed by atoms with van der Waals surface area (Å²) >= 11 is 0. The summed E-state index contributed by atoms with van der Waals surface area (Å²) in [6.07, 6.45) is 12.6. The molecule has 0 aromatic rings. The number of ether oxygens (including phenoxy) is 1. The van der Waals surface area contributed by atoms with Crippen LogP contribution < -0.4 is 0 Å². The maximum absolute atomic E-state index is 11.1. The van der Waals surface area contributed by atoms with Crippen molar-refractivity contribution in [3.8, 4) is 0 Å². The van der Waals surface area contributed by atoms with Crippen LogP contribution in [0, 0.1) is 11.8 Å². The second-order valence-electron chi connectivity index (χ2n) is 6.74. The van der Waals surface area contributed by atoms with Gasteiger partial charge in [0.05, 0.1) is 19.3 Å². The molecule has 1 aliphatic carbocycles. The molecule has 0 aliphatic heterocycles. The van der Waals surface area contributed by atoms with E-state index in [1.807, 2.05) is 6.08 Å². The number of aliphatic hydroxyl groups is 2. The fourth-order valence-electron chi connectivity index (χ4n) is 3.44. The second-order valence-corrected chi connectivity index (χ2v) is 6.74. The molecule has 0 heterocycles. The molecule has 4 heteroatoms. The van der Waals surface area contributed by atoms with E-state index in [1.54, 1.807) is 0 Å². The van der Waals surface area contributed by atoms with Crippen molar-refractivity contribution in [1.82, 2.24) is 0 Å². The Labute approximate surface area is 140 Å². The number of hydrogen-bond donors (Lipinski definition) is 2. The van der Waals surface area contributed by atoms with Gasteiger partial charge >= 0.3 is 5.97 Å². The summed E-state index contributed by atoms with van der Waals surface area (Å²) in [6, 6.07) is 0. The number of methoxy groups -OCH3 is 1. The molecular weight excluding hydrogens is 292 g/mol. The van der Waals surface area contributed by atoms with Crippen LogP contribution >= 0.6 is 0 Å². The number of carbonyl (C=O) groups excluding carboxylic acids is 1. The summed E-state index contributed by atoms with van der Waals surface area (Å²) in [5.41, 5.74) is 0. The molecule has 4 nitrogen and oxygen atoms in total. The molecule has 134 valence electrons. The van der Waals surface area contributed by atoms with E-state index in [4.69, 9.17) is 0 Å². The van der Waals surface area contributed by atoms with Crippen molar-refractivity contribution < 1.29 is 19.7 Å². The summed E-state index contributed by atoms with van der Waals surface area (Å²) in [4.78, 5) is 11.1. The highest BCUT2D eigenvalue weighted by Crippen LogP contribution is 2.36. The van der Waals surface area contributed by atoms with E-state index >= 15 is 0 Å². The molecule has 0 spiro atoms. The zero-order valence-corrected chi connectivity index (χ0v) is 14.7. The van der Waals surface area contributed by atoms with Crippen LogP contribution in [0.15, 0.2) is 12.2 Å². The quantitative estimate of drug-likeness (QED) is 0.346. The summed E-state index contributed by atoms with van der Waals surface area (Å²) in [6.45, 7) is 2.16. The number of hydrogen-bond acceptors (Lipinski definition) is 4. The predicted octanol–water partition coefficient (Wildman–Crippen LogP) is 3.60. The van der Waals surface area contributed by atoms with Gasteiger partial charge in [-0.15, -0.1) is 0 Å². The van der Waals surface area contributed by atoms with Crippen LogP contribution in [-0.2, 0) is 9.53 Å². The molecule has 1 aliphatic rings. The van der Waals surface area contributed by atoms with Gasteiger partial charge in [0.2, 0.25) is 0 Å². The van der Waals surface area contributed by atoms with Crippen LogP contribution in [0.5, 0.6) is 0 Å². The molecule has 0 radical (unpaired) electrons. The lowest BCUT2D eigenvalue weighted by Crippen LogP contribution is -2.18. The van der Waals surface area contributed by atoms with Crippen LogP contribution in [-0.4, -0.2) is 35.5 Å². The van der Waals surface area contributed by atoms with Crippen molar-refractivity contribution >= 4 is 5.97 Å². The lowest BCUT2D eigenvalue weighted by atomic mass is 9.88. The van der Waals surface area contributed by atoms with E-state index in [0.29, 0.717) is 12.3 Å². The highest BCUT2D eigenvalue weighted by molar-refractivity contribution is 5.68. The average Bonchev–Trinajstić information content (AvgIpc) is 2.89. The second kappa shape index (κ2) is 11.6. The predicted molar refractivity (Wildman–Crippen MR) is 92.0 cm³/mol. The Bertz CT molecular complexity index is 353. The summed E-state index contributed by atoms with van der Waals surface area (Å²) < 4.78 is 4.64. The average molecular weight is 326 g/mol. The molecule has 0 amide bonds. The minimum absolute atomic E-state index is 0.163. The Morgan fingerprint density at radius 2 is 2.04 bits per heavy atom. The van der Waals surface area contributed by atoms with Crippen molar-refractivity contribution in [1.29, 1.82) is 0 Å². The first kappa shape index (κ1) is 20.2. The molecule has 0 aromatic heterocycles. The van der Waals surface area contributed by atoms with Gasteiger partial charge in [-0.05, 0) is 43.9 Å². The number of allylic oxidation sites excluding steroid dienone is 1. The number of unbranched alkanes of at least 4 members (excludes halogenated alkanes) is 3. The standard InChI is InChI=1S/C19H34O4/c1-3-4-5-8-16(20)13-11-15-12-14-18(21)17(15)9-6-7-10-19(22)23-2/h11,13,15-18,20-21H,3-10,12,14H2,1-2H3. The maximum atomic E-state index is 11.1. The van der Waals surface area contributed by atoms with Gasteiger partial charge in [-0.3, -0.25) is 4.79 Å². The molecule has 0 saturated heterocycles. The fraction of sp³-hybridized carbons (Fsp3) is 0.842. The van der Waals surface area contributed by atoms with Gasteiger partial charge in [0.1, 0.15) is 0 Å². The van der Waals surface area contributed by atoms with E-state index in [1.165, 1.54) is 13.5 Å². The van der Waals surface area contributed by atoms with Gasteiger partial charge in [0.15, 0.2) is 0 Å². The highest BCUT2D eigenvalue weighted by Gasteiger charge is 2.32. The Hall–Kier alpha value is -0.870. The van der Waals surface area contributed by atoms with Crippen molar-refractivity contribution in [2.75, 3.05) is 7.11 Å². The molecule has 4 atom stereocenters. The third-order valence-electron chi connectivity index (χ3n) is 4.92. The van der Waals surface area contributed by atoms with Crippen molar-refractivity contribution in [2.24, 2.45) is 11.8 Å². The lowest BCUT2D eigenvalue weighted by Gasteiger charge is -2.20. The first-order valence-corrected chi connectivity index (χ1v) is 9.19. The molecule has 23 heavy (non-hydrogen) atoms. The van der Waals surface area contributed by atoms with E-state index in [9.17, 15) is 15.0 Å². The third-order valence-corrected chi connectivity index (χ3v) is 4.92. The number of rotatable bonds is 11. The highest BCUT2D eigenvalue weighted by atomic mass is 16.5. The van der Waals surface area contributed by atoms with Gasteiger partial charge in [-0.1, -0.05) is 44.8 Å². The van der Waals surface area contributed by atoms with E-state index < -0.39 is 0 Å². The molecule has 1 rings (SSSR count). The molecule has 0 bridgehead atoms. The summed E-state index contributed by atoms with van der Waals surface area (Å²) in [7, 11) is 1.41. The Morgan fingerprint density at radius 1 is 1.26 bits per heavy atom. The molecule has 2 N–H and O–H groups in total. The molecule has 1 saturated carbocycles. The largest absolute Gasteiger partial charge is 0.469 e. The minimum atomic E-state index is -0.362. The minimum Gasteiger partial charge on any atom is -0.469 e. The zero-order chi connectivity index (χ0) is 17.1. The maximum Gasteiger partial charge on any atom is 0.305 e. The van der Waals surface area contributed by atoms with Crippen LogP contribution in [0.25, 0.3) is 0 Å². The third kappa shape index (κ3) is 7.98. The zero-order valence-electron chi connectivity index (χ0n) is 14.7. The van der Waals surface area contributed by atoms with Crippen LogP contribution in [0.2, 0.25) is 0 Å². The van der Waals surface area contributed by atoms with Gasteiger partial charge in [0.25, 0.3) is 0 Å². The topological polar surface area (TPSA) is 66.8 Å². The summed E-state index contributed by atoms with van der Waals surface area (Å²) in [5.74, 6) is 0.444. The SMILES string of the molecule is CCCCCC(O)C=CC1CCC(O)C1CCCCC(=O)OC. The van der Waals surface area contributed by atoms with Gasteiger partial charge in [-0.2, -0.15) is 0 Å². The molecule has 1 fully saturated rings. The van der Waals surface area contributed by atoms with E-state index in [2.05, 4.69) is 17.7 Å². The Morgan fingerprint density at radius 3 is 2.74 bits per heavy atom. The molecular formula is C19H34O4. The number of carbonyl (C=O) groups is 1. The first-order chi connectivity index (χ1) is 11.1. The van der Waals surface area contributed by atoms with Gasteiger partial charge in [-0.25, -0.2) is 0 Å². The van der Waals surface area contributed by atoms with E-state index in [0.717, 1.165) is 51.4 Å². The van der Waals surface area contributed by atoms with Crippen LogP contribution in [0.1, 0.15) is 71.1 Å². The monoisotopic (exact) mass is 326 g/mol. The van der Waals surface area contributed by atoms with Crippen molar-refractivity contribution in [2.45, 2.75) is 83.3 Å². The van der Waals surface area contributed by atoms with Gasteiger partial charge < -0.3 is 14.9 Å². The fourth-order valence-corrected chi connectivity index (χ4v) is 3.44. The summed E-state index contributed by atoms with van der Waals surface area (Å²) in [5, 5.41) is 20.2. The van der Waals surface area contributed by atoms with E-state index in [-0.39, 0.29) is 24.1 Å². The first-order valence-electron chi connectivity index (χ1n) is 9.19. The Kier molecular flexibility index (Phi) is 10.2. The number of esters is 1. The van der Waals surface area contributed by atoms with Crippen LogP contribution in [0.3, 0.4) is 0 Å². The van der Waals surface area contributed by atoms with Crippen molar-refractivity contribution in [3.05, 3.63) is 12.2 Å². The number of aliphatic hydroxyl groups excluding tert-OH is 2. The lowest BCUT2D eigenvalue weighted by molar-refractivity contribution is -0.140. The van der Waals surface area contributed by atoms with Crippen molar-refractivity contribution in [3.63, 3.8) is 0 Å². The Balaban J connectivity index is 2.33. The van der Waals surface area contributed by atoms with Gasteiger partial charge in [0, 0.05) is 6.42 Å². The normalized spacial score (nSPS) is 25.8.